The van der Waals surface area contributed by atoms with Gasteiger partial charge in [-0.15, -0.1) is 0 Å². The van der Waals surface area contributed by atoms with Gasteiger partial charge in [-0.25, -0.2) is 18.4 Å². The lowest BCUT2D eigenvalue weighted by Gasteiger charge is -2.11. The summed E-state index contributed by atoms with van der Waals surface area (Å²) in [6, 6.07) is 16.0. The van der Waals surface area contributed by atoms with Crippen LogP contribution in [0.15, 0.2) is 69.1 Å². The third-order valence-electron chi connectivity index (χ3n) is 5.48. The minimum absolute atomic E-state index is 0.0561. The molecule has 2 heterocycles. The summed E-state index contributed by atoms with van der Waals surface area (Å²) in [4.78, 5) is 29.9. The number of anilines is 1. The molecule has 0 aliphatic carbocycles. The third-order valence-corrected chi connectivity index (χ3v) is 6.41. The van der Waals surface area contributed by atoms with Crippen molar-refractivity contribution >= 4 is 27.1 Å². The number of benzene rings is 2. The topological polar surface area (TPSA) is 134 Å². The predicted molar refractivity (Wildman–Crippen MR) is 126 cm³/mol. The number of primary sulfonamides is 1. The van der Waals surface area contributed by atoms with E-state index in [1.54, 1.807) is 23.7 Å². The van der Waals surface area contributed by atoms with Gasteiger partial charge in [-0.05, 0) is 29.7 Å². The number of imidazole rings is 1. The van der Waals surface area contributed by atoms with Gasteiger partial charge in [0.25, 0.3) is 5.56 Å². The molecule has 0 atom stereocenters. The Balaban J connectivity index is 1.67. The highest BCUT2D eigenvalue weighted by molar-refractivity contribution is 7.89. The molecule has 0 radical (unpaired) electrons. The van der Waals surface area contributed by atoms with E-state index in [1.807, 2.05) is 30.3 Å². The molecule has 172 valence electrons. The van der Waals surface area contributed by atoms with Gasteiger partial charge in [0.15, 0.2) is 11.2 Å². The summed E-state index contributed by atoms with van der Waals surface area (Å²) < 4.78 is 27.0. The zero-order chi connectivity index (χ0) is 23.8. The van der Waals surface area contributed by atoms with Crippen molar-refractivity contribution in [3.63, 3.8) is 0 Å². The number of sulfonamides is 1. The van der Waals surface area contributed by atoms with E-state index in [4.69, 9.17) is 5.14 Å². The highest BCUT2D eigenvalue weighted by Gasteiger charge is 2.19. The number of nitrogens with two attached hydrogens (primary N) is 1. The number of aryl methyl sites for hydroxylation is 1. The molecular formula is C22H24N6O4S. The largest absolute Gasteiger partial charge is 0.355 e. The molecule has 2 aromatic carbocycles. The van der Waals surface area contributed by atoms with Crippen molar-refractivity contribution in [2.45, 2.75) is 17.9 Å². The highest BCUT2D eigenvalue weighted by Crippen LogP contribution is 2.18. The maximum absolute atomic E-state index is 12.9. The number of fused-ring (bicyclic) bond motifs is 1. The van der Waals surface area contributed by atoms with Crippen LogP contribution in [0.1, 0.15) is 11.1 Å². The maximum Gasteiger partial charge on any atom is 0.332 e. The first-order valence-corrected chi connectivity index (χ1v) is 11.8. The number of nitrogens with zero attached hydrogens (tertiary/aromatic N) is 4. The molecule has 0 bridgehead atoms. The summed E-state index contributed by atoms with van der Waals surface area (Å²) >= 11 is 0. The molecular weight excluding hydrogens is 444 g/mol. The van der Waals surface area contributed by atoms with Crippen LogP contribution in [0, 0.1) is 0 Å². The second-order valence-electron chi connectivity index (χ2n) is 7.75. The maximum atomic E-state index is 12.9. The van der Waals surface area contributed by atoms with Gasteiger partial charge in [-0.2, -0.15) is 4.98 Å². The second-order valence-corrected chi connectivity index (χ2v) is 9.31. The van der Waals surface area contributed by atoms with E-state index in [0.29, 0.717) is 36.6 Å². The van der Waals surface area contributed by atoms with Crippen molar-refractivity contribution < 1.29 is 8.42 Å². The molecule has 11 heteroatoms. The van der Waals surface area contributed by atoms with E-state index in [0.717, 1.165) is 15.7 Å². The monoisotopic (exact) mass is 468 g/mol. The molecule has 0 amide bonds. The molecule has 0 aliphatic heterocycles. The average molecular weight is 469 g/mol. The number of nitrogens with one attached hydrogen (secondary N) is 1. The summed E-state index contributed by atoms with van der Waals surface area (Å²) in [7, 11) is -0.706. The fourth-order valence-corrected chi connectivity index (χ4v) is 4.18. The van der Waals surface area contributed by atoms with Crippen LogP contribution in [0.3, 0.4) is 0 Å². The van der Waals surface area contributed by atoms with Crippen LogP contribution in [-0.4, -0.2) is 33.6 Å². The standard InChI is InChI=1S/C22H24N6O4S/c1-26-19-18(20(29)27(2)22(26)30)28(14-16-6-4-3-5-7-16)21(25-19)24-13-12-15-8-10-17(11-9-15)33(23,31)32/h3-11H,12-14H2,1-2H3,(H,24,25)(H2,23,31,32). The van der Waals surface area contributed by atoms with Gasteiger partial charge in [-0.1, -0.05) is 42.5 Å². The second kappa shape index (κ2) is 8.68. The predicted octanol–water partition coefficient (Wildman–Crippen LogP) is 0.784. The molecule has 0 spiro atoms. The van der Waals surface area contributed by atoms with Crippen LogP contribution in [0.5, 0.6) is 0 Å². The van der Waals surface area contributed by atoms with Crippen LogP contribution in [0.4, 0.5) is 5.95 Å². The first kappa shape index (κ1) is 22.5. The highest BCUT2D eigenvalue weighted by atomic mass is 32.2. The molecule has 4 aromatic rings. The van der Waals surface area contributed by atoms with Crippen molar-refractivity contribution in [2.24, 2.45) is 19.2 Å². The van der Waals surface area contributed by atoms with Crippen molar-refractivity contribution in [1.29, 1.82) is 0 Å². The average Bonchev–Trinajstić information content (AvgIpc) is 3.15. The Kier molecular flexibility index (Phi) is 5.91. The molecule has 10 nitrogen and oxygen atoms in total. The minimum Gasteiger partial charge on any atom is -0.355 e. The molecule has 0 aliphatic rings. The van der Waals surface area contributed by atoms with Gasteiger partial charge in [-0.3, -0.25) is 18.5 Å². The lowest BCUT2D eigenvalue weighted by atomic mass is 10.1. The molecule has 3 N–H and O–H groups in total. The molecule has 0 fully saturated rings. The van der Waals surface area contributed by atoms with Crippen molar-refractivity contribution in [1.82, 2.24) is 18.7 Å². The summed E-state index contributed by atoms with van der Waals surface area (Å²) in [6.45, 7) is 0.872. The van der Waals surface area contributed by atoms with Crippen LogP contribution < -0.4 is 21.7 Å². The van der Waals surface area contributed by atoms with E-state index in [-0.39, 0.29) is 4.90 Å². The van der Waals surface area contributed by atoms with E-state index in [9.17, 15) is 18.0 Å². The number of hydrogen-bond acceptors (Lipinski definition) is 6. The molecule has 33 heavy (non-hydrogen) atoms. The zero-order valence-electron chi connectivity index (χ0n) is 18.2. The van der Waals surface area contributed by atoms with Crippen molar-refractivity contribution in [3.05, 3.63) is 86.6 Å². The van der Waals surface area contributed by atoms with Crippen LogP contribution in [-0.2, 0) is 37.1 Å². The quantitative estimate of drug-likeness (QED) is 0.412. The van der Waals surface area contributed by atoms with Crippen molar-refractivity contribution in [2.75, 3.05) is 11.9 Å². The fourth-order valence-electron chi connectivity index (χ4n) is 3.67. The normalized spacial score (nSPS) is 11.7. The Morgan fingerprint density at radius 1 is 0.939 bits per heavy atom. The lowest BCUT2D eigenvalue weighted by molar-refractivity contribution is 0.598. The number of aromatic nitrogens is 4. The van der Waals surface area contributed by atoms with Gasteiger partial charge in [0.05, 0.1) is 11.4 Å². The first-order chi connectivity index (χ1) is 15.7. The summed E-state index contributed by atoms with van der Waals surface area (Å²) in [5.74, 6) is 0.466. The first-order valence-electron chi connectivity index (χ1n) is 10.2. The smallest absolute Gasteiger partial charge is 0.332 e. The molecule has 0 unspecified atom stereocenters. The van der Waals surface area contributed by atoms with Gasteiger partial charge >= 0.3 is 5.69 Å². The molecule has 0 saturated heterocycles. The Morgan fingerprint density at radius 3 is 2.24 bits per heavy atom. The van der Waals surface area contributed by atoms with Gasteiger partial charge in [0, 0.05) is 20.6 Å². The summed E-state index contributed by atoms with van der Waals surface area (Å²) in [6.07, 6.45) is 0.580. The number of rotatable bonds is 7. The third kappa shape index (κ3) is 4.45. The molecule has 2 aromatic heterocycles. The van der Waals surface area contributed by atoms with E-state index in [1.165, 1.54) is 23.7 Å². The Bertz CT molecular complexity index is 1530. The van der Waals surface area contributed by atoms with Crippen LogP contribution in [0.2, 0.25) is 0 Å². The van der Waals surface area contributed by atoms with Crippen LogP contribution >= 0.6 is 0 Å². The molecule has 0 saturated carbocycles. The van der Waals surface area contributed by atoms with E-state index in [2.05, 4.69) is 10.3 Å². The SMILES string of the molecule is Cn1c(=O)c2c(nc(NCCc3ccc(S(N)(=O)=O)cc3)n2Cc2ccccc2)n(C)c1=O. The summed E-state index contributed by atoms with van der Waals surface area (Å²) in [5, 5.41) is 8.40. The molecule has 4 rings (SSSR count). The van der Waals surface area contributed by atoms with Crippen LogP contribution in [0.25, 0.3) is 11.2 Å². The Labute approximate surface area is 190 Å². The fraction of sp³-hybridized carbons (Fsp3) is 0.227. The van der Waals surface area contributed by atoms with Gasteiger partial charge in [0.1, 0.15) is 0 Å². The van der Waals surface area contributed by atoms with E-state index < -0.39 is 21.3 Å². The summed E-state index contributed by atoms with van der Waals surface area (Å²) in [5.41, 5.74) is 1.67. The Morgan fingerprint density at radius 2 is 1.61 bits per heavy atom. The minimum atomic E-state index is -3.74. The Hall–Kier alpha value is -3.70. The van der Waals surface area contributed by atoms with Crippen molar-refractivity contribution in [3.8, 4) is 0 Å². The van der Waals surface area contributed by atoms with E-state index >= 15 is 0 Å². The number of hydrogen-bond donors (Lipinski definition) is 2. The zero-order valence-corrected chi connectivity index (χ0v) is 19.0. The van der Waals surface area contributed by atoms with Gasteiger partial charge in [0.2, 0.25) is 16.0 Å². The van der Waals surface area contributed by atoms with Gasteiger partial charge < -0.3 is 5.32 Å². The lowest BCUT2D eigenvalue weighted by Crippen LogP contribution is -2.37.